The standard InChI is InChI=1S/C30H23ClN2O2S/c31-27-14-6-3-10-23(27)19-35-28-17-16-22-9-1-4-12-24(22)26(28)18-32-33-30(34)20-36-29-15-7-11-21-8-2-5-13-25(21)29/h1-18H,19-20H2,(H,33,34)/b32-18-. The molecule has 0 atom stereocenters. The van der Waals surface area contributed by atoms with E-state index < -0.39 is 0 Å². The maximum absolute atomic E-state index is 12.5. The molecule has 36 heavy (non-hydrogen) atoms. The van der Waals surface area contributed by atoms with E-state index in [2.05, 4.69) is 28.7 Å². The van der Waals surface area contributed by atoms with Crippen LogP contribution in [0.1, 0.15) is 11.1 Å². The Labute approximate surface area is 218 Å². The first-order chi connectivity index (χ1) is 17.7. The largest absolute Gasteiger partial charge is 0.488 e. The van der Waals surface area contributed by atoms with Crippen molar-refractivity contribution in [1.82, 2.24) is 5.43 Å². The number of hydrogen-bond donors (Lipinski definition) is 1. The van der Waals surface area contributed by atoms with Gasteiger partial charge in [0.2, 0.25) is 5.91 Å². The molecule has 0 aliphatic rings. The van der Waals surface area contributed by atoms with E-state index in [0.29, 0.717) is 17.4 Å². The number of halogens is 1. The Morgan fingerprint density at radius 2 is 1.53 bits per heavy atom. The van der Waals surface area contributed by atoms with Crippen LogP contribution in [-0.2, 0) is 11.4 Å². The number of hydrogen-bond acceptors (Lipinski definition) is 4. The lowest BCUT2D eigenvalue weighted by atomic mass is 10.0. The van der Waals surface area contributed by atoms with Crippen molar-refractivity contribution in [3.05, 3.63) is 119 Å². The van der Waals surface area contributed by atoms with E-state index in [1.165, 1.54) is 11.8 Å². The van der Waals surface area contributed by atoms with E-state index in [1.54, 1.807) is 6.21 Å². The number of carbonyl (C=O) groups excluding carboxylic acids is 1. The molecule has 0 aliphatic heterocycles. The maximum Gasteiger partial charge on any atom is 0.250 e. The minimum Gasteiger partial charge on any atom is -0.488 e. The van der Waals surface area contributed by atoms with Gasteiger partial charge >= 0.3 is 0 Å². The number of amides is 1. The van der Waals surface area contributed by atoms with Gasteiger partial charge in [0.05, 0.1) is 12.0 Å². The molecule has 6 heteroatoms. The molecular formula is C30H23ClN2O2S. The van der Waals surface area contributed by atoms with Crippen LogP contribution in [0.25, 0.3) is 21.5 Å². The van der Waals surface area contributed by atoms with Gasteiger partial charge in [-0.3, -0.25) is 4.79 Å². The molecule has 0 unspecified atom stereocenters. The van der Waals surface area contributed by atoms with Crippen molar-refractivity contribution in [1.29, 1.82) is 0 Å². The molecule has 0 radical (unpaired) electrons. The van der Waals surface area contributed by atoms with E-state index in [9.17, 15) is 4.79 Å². The summed E-state index contributed by atoms with van der Waals surface area (Å²) in [7, 11) is 0. The van der Waals surface area contributed by atoms with E-state index in [0.717, 1.165) is 37.6 Å². The topological polar surface area (TPSA) is 50.7 Å². The van der Waals surface area contributed by atoms with Gasteiger partial charge in [-0.05, 0) is 39.7 Å². The minimum absolute atomic E-state index is 0.178. The van der Waals surface area contributed by atoms with E-state index in [1.807, 2.05) is 84.9 Å². The first-order valence-corrected chi connectivity index (χ1v) is 12.9. The SMILES string of the molecule is O=C(CSc1cccc2ccccc12)N/N=C\c1c(OCc2ccccc2Cl)ccc2ccccc12. The smallest absolute Gasteiger partial charge is 0.250 e. The molecule has 0 fully saturated rings. The third kappa shape index (κ3) is 5.54. The molecule has 0 saturated heterocycles. The fraction of sp³-hybridized carbons (Fsp3) is 0.0667. The molecule has 5 aromatic carbocycles. The number of rotatable bonds is 8. The van der Waals surface area contributed by atoms with Gasteiger partial charge in [0.1, 0.15) is 12.4 Å². The van der Waals surface area contributed by atoms with Gasteiger partial charge in [0.15, 0.2) is 0 Å². The zero-order valence-corrected chi connectivity index (χ0v) is 20.9. The van der Waals surface area contributed by atoms with Crippen LogP contribution in [0.4, 0.5) is 0 Å². The molecule has 0 aliphatic carbocycles. The Hall–Kier alpha value is -3.80. The third-order valence-corrected chi connectivity index (χ3v) is 7.21. The van der Waals surface area contributed by atoms with Gasteiger partial charge in [-0.2, -0.15) is 5.10 Å². The molecule has 178 valence electrons. The number of nitrogens with zero attached hydrogens (tertiary/aromatic N) is 1. The van der Waals surface area contributed by atoms with Crippen LogP contribution in [0.2, 0.25) is 5.02 Å². The average molecular weight is 511 g/mol. The van der Waals surface area contributed by atoms with Gasteiger partial charge in [-0.25, -0.2) is 5.43 Å². The molecule has 0 bridgehead atoms. The summed E-state index contributed by atoms with van der Waals surface area (Å²) in [4.78, 5) is 13.6. The summed E-state index contributed by atoms with van der Waals surface area (Å²) in [6.45, 7) is 0.326. The molecular weight excluding hydrogens is 488 g/mol. The van der Waals surface area contributed by atoms with Crippen LogP contribution in [0.15, 0.2) is 113 Å². The number of ether oxygens (including phenoxy) is 1. The summed E-state index contributed by atoms with van der Waals surface area (Å²) in [6.07, 6.45) is 1.64. The molecule has 5 aromatic rings. The Morgan fingerprint density at radius 1 is 0.833 bits per heavy atom. The predicted octanol–water partition coefficient (Wildman–Crippen LogP) is 7.47. The second kappa shape index (κ2) is 11.3. The lowest BCUT2D eigenvalue weighted by Gasteiger charge is -2.12. The van der Waals surface area contributed by atoms with Crippen molar-refractivity contribution in [3.8, 4) is 5.75 Å². The van der Waals surface area contributed by atoms with Gasteiger partial charge < -0.3 is 4.74 Å². The van der Waals surface area contributed by atoms with Crippen molar-refractivity contribution in [2.75, 3.05) is 5.75 Å². The molecule has 1 N–H and O–H groups in total. The lowest BCUT2D eigenvalue weighted by Crippen LogP contribution is -2.19. The third-order valence-electron chi connectivity index (χ3n) is 5.76. The highest BCUT2D eigenvalue weighted by Gasteiger charge is 2.10. The number of thioether (sulfide) groups is 1. The summed E-state index contributed by atoms with van der Waals surface area (Å²) < 4.78 is 6.12. The normalized spacial score (nSPS) is 11.2. The predicted molar refractivity (Wildman–Crippen MR) is 150 cm³/mol. The van der Waals surface area contributed by atoms with Crippen molar-refractivity contribution >= 4 is 57.0 Å². The van der Waals surface area contributed by atoms with E-state index in [-0.39, 0.29) is 11.7 Å². The summed E-state index contributed by atoms with van der Waals surface area (Å²) in [5.41, 5.74) is 4.35. The highest BCUT2D eigenvalue weighted by atomic mass is 35.5. The monoisotopic (exact) mass is 510 g/mol. The minimum atomic E-state index is -0.178. The van der Waals surface area contributed by atoms with Crippen LogP contribution in [-0.4, -0.2) is 17.9 Å². The highest BCUT2D eigenvalue weighted by molar-refractivity contribution is 8.00. The quantitative estimate of drug-likeness (QED) is 0.134. The van der Waals surface area contributed by atoms with E-state index >= 15 is 0 Å². The molecule has 0 aromatic heterocycles. The molecule has 0 heterocycles. The summed E-state index contributed by atoms with van der Waals surface area (Å²) >= 11 is 7.79. The summed E-state index contributed by atoms with van der Waals surface area (Å²) in [6, 6.07) is 33.8. The van der Waals surface area contributed by atoms with Crippen LogP contribution >= 0.6 is 23.4 Å². The molecule has 1 amide bonds. The van der Waals surface area contributed by atoms with Crippen molar-refractivity contribution in [2.45, 2.75) is 11.5 Å². The molecule has 0 spiro atoms. The average Bonchev–Trinajstić information content (AvgIpc) is 2.92. The molecule has 5 rings (SSSR count). The Bertz CT molecular complexity index is 1560. The van der Waals surface area contributed by atoms with E-state index in [4.69, 9.17) is 16.3 Å². The second-order valence-corrected chi connectivity index (χ2v) is 9.56. The Balaban J connectivity index is 1.30. The summed E-state index contributed by atoms with van der Waals surface area (Å²) in [5, 5.41) is 9.24. The Morgan fingerprint density at radius 3 is 2.36 bits per heavy atom. The number of nitrogens with one attached hydrogen (secondary N) is 1. The van der Waals surface area contributed by atoms with Gasteiger partial charge in [-0.15, -0.1) is 11.8 Å². The van der Waals surface area contributed by atoms with Gasteiger partial charge in [0, 0.05) is 21.0 Å². The lowest BCUT2D eigenvalue weighted by molar-refractivity contribution is -0.118. The fourth-order valence-electron chi connectivity index (χ4n) is 3.97. The maximum atomic E-state index is 12.5. The van der Waals surface area contributed by atoms with Crippen LogP contribution in [0, 0.1) is 0 Å². The summed E-state index contributed by atoms with van der Waals surface area (Å²) in [5.74, 6) is 0.747. The van der Waals surface area contributed by atoms with Crippen LogP contribution in [0.3, 0.4) is 0 Å². The van der Waals surface area contributed by atoms with Crippen LogP contribution < -0.4 is 10.2 Å². The number of benzene rings is 5. The van der Waals surface area contributed by atoms with Crippen LogP contribution in [0.5, 0.6) is 5.75 Å². The van der Waals surface area contributed by atoms with Crippen molar-refractivity contribution in [2.24, 2.45) is 5.10 Å². The van der Waals surface area contributed by atoms with Gasteiger partial charge in [0.25, 0.3) is 0 Å². The first-order valence-electron chi connectivity index (χ1n) is 11.5. The molecule has 4 nitrogen and oxygen atoms in total. The highest BCUT2D eigenvalue weighted by Crippen LogP contribution is 2.29. The zero-order chi connectivity index (χ0) is 24.7. The van der Waals surface area contributed by atoms with Crippen molar-refractivity contribution < 1.29 is 9.53 Å². The fourth-order valence-corrected chi connectivity index (χ4v) is 5.03. The first kappa shape index (κ1) is 23.9. The second-order valence-electron chi connectivity index (χ2n) is 8.14. The molecule has 0 saturated carbocycles. The number of hydrazone groups is 1. The number of fused-ring (bicyclic) bond motifs is 2. The Kier molecular flexibility index (Phi) is 7.50. The number of carbonyl (C=O) groups is 1. The van der Waals surface area contributed by atoms with Gasteiger partial charge in [-0.1, -0.05) is 96.5 Å². The van der Waals surface area contributed by atoms with Crippen molar-refractivity contribution in [3.63, 3.8) is 0 Å². The zero-order valence-electron chi connectivity index (χ0n) is 19.4.